The molecule has 23 heavy (non-hydrogen) atoms. The monoisotopic (exact) mass is 318 g/mol. The Bertz CT molecular complexity index is 546. The molecule has 128 valence electrons. The summed E-state index contributed by atoms with van der Waals surface area (Å²) < 4.78 is 0. The molecule has 1 N–H and O–H groups in total. The van der Waals surface area contributed by atoms with Crippen LogP contribution in [-0.2, 0) is 12.8 Å². The summed E-state index contributed by atoms with van der Waals surface area (Å²) in [6.07, 6.45) is 5.58. The van der Waals surface area contributed by atoms with Crippen LogP contribution >= 0.6 is 0 Å². The standard InChI is InChI=1S/C18H30N4O/c1-4-15-12-22(10-9-21(15)11-13(2)23)18-16-7-5-6-8-17(16)19-14(3)20-18/h13,15,23H,4-12H2,1-3H3. The number of piperazine rings is 1. The fourth-order valence-electron chi connectivity index (χ4n) is 4.01. The Hall–Kier alpha value is -1.20. The highest BCUT2D eigenvalue weighted by atomic mass is 16.3. The van der Waals surface area contributed by atoms with Crippen LogP contribution in [0.2, 0.25) is 0 Å². The molecule has 0 aromatic carbocycles. The van der Waals surface area contributed by atoms with E-state index in [-0.39, 0.29) is 6.10 Å². The van der Waals surface area contributed by atoms with Crippen molar-refractivity contribution in [2.75, 3.05) is 31.1 Å². The van der Waals surface area contributed by atoms with Crippen molar-refractivity contribution in [1.29, 1.82) is 0 Å². The molecule has 2 unspecified atom stereocenters. The fourth-order valence-corrected chi connectivity index (χ4v) is 4.01. The van der Waals surface area contributed by atoms with Crippen molar-refractivity contribution in [3.63, 3.8) is 0 Å². The second-order valence-electron chi connectivity index (χ2n) is 7.08. The van der Waals surface area contributed by atoms with Crippen LogP contribution < -0.4 is 4.90 Å². The number of anilines is 1. The molecule has 0 bridgehead atoms. The zero-order valence-corrected chi connectivity index (χ0v) is 14.8. The molecule has 5 nitrogen and oxygen atoms in total. The minimum Gasteiger partial charge on any atom is -0.392 e. The van der Waals surface area contributed by atoms with E-state index in [2.05, 4.69) is 21.7 Å². The Balaban J connectivity index is 1.82. The van der Waals surface area contributed by atoms with Gasteiger partial charge in [-0.15, -0.1) is 0 Å². The molecule has 1 aliphatic heterocycles. The molecule has 1 fully saturated rings. The van der Waals surface area contributed by atoms with E-state index in [0.29, 0.717) is 6.04 Å². The topological polar surface area (TPSA) is 52.5 Å². The molecule has 0 spiro atoms. The maximum Gasteiger partial charge on any atom is 0.135 e. The molecular formula is C18H30N4O. The fraction of sp³-hybridized carbons (Fsp3) is 0.778. The number of rotatable bonds is 4. The van der Waals surface area contributed by atoms with Gasteiger partial charge in [-0.2, -0.15) is 0 Å². The number of fused-ring (bicyclic) bond motifs is 1. The van der Waals surface area contributed by atoms with Crippen LogP contribution in [0.15, 0.2) is 0 Å². The van der Waals surface area contributed by atoms with Gasteiger partial charge in [-0.25, -0.2) is 9.97 Å². The number of aryl methyl sites for hydroxylation is 2. The molecule has 2 atom stereocenters. The SMILES string of the molecule is CCC1CN(c2nc(C)nc3c2CCCC3)CCN1CC(C)O. The van der Waals surface area contributed by atoms with Gasteiger partial charge in [-0.05, 0) is 46.0 Å². The summed E-state index contributed by atoms with van der Waals surface area (Å²) in [5.74, 6) is 2.09. The average Bonchev–Trinajstić information content (AvgIpc) is 2.54. The average molecular weight is 318 g/mol. The molecule has 1 aromatic heterocycles. The molecule has 1 aromatic rings. The largest absolute Gasteiger partial charge is 0.392 e. The molecule has 0 saturated carbocycles. The lowest BCUT2D eigenvalue weighted by Gasteiger charge is -2.43. The van der Waals surface area contributed by atoms with E-state index in [1.54, 1.807) is 0 Å². The molecule has 1 aliphatic carbocycles. The molecule has 0 radical (unpaired) electrons. The summed E-state index contributed by atoms with van der Waals surface area (Å²) in [6.45, 7) is 9.90. The Morgan fingerprint density at radius 3 is 2.74 bits per heavy atom. The zero-order valence-electron chi connectivity index (χ0n) is 14.8. The van der Waals surface area contributed by atoms with Gasteiger partial charge in [0.15, 0.2) is 0 Å². The van der Waals surface area contributed by atoms with Crippen molar-refractivity contribution in [3.8, 4) is 0 Å². The summed E-state index contributed by atoms with van der Waals surface area (Å²) >= 11 is 0. The third-order valence-electron chi connectivity index (χ3n) is 5.15. The van der Waals surface area contributed by atoms with Gasteiger partial charge in [-0.1, -0.05) is 6.92 Å². The molecule has 2 heterocycles. The highest BCUT2D eigenvalue weighted by molar-refractivity contribution is 5.51. The maximum atomic E-state index is 9.72. The van der Waals surface area contributed by atoms with Crippen molar-refractivity contribution in [2.45, 2.75) is 65.0 Å². The van der Waals surface area contributed by atoms with Gasteiger partial charge in [-0.3, -0.25) is 4.90 Å². The lowest BCUT2D eigenvalue weighted by molar-refractivity contribution is 0.0883. The molecule has 5 heteroatoms. The van der Waals surface area contributed by atoms with E-state index in [1.807, 2.05) is 13.8 Å². The van der Waals surface area contributed by atoms with E-state index in [4.69, 9.17) is 4.98 Å². The molecule has 1 saturated heterocycles. The first-order chi connectivity index (χ1) is 11.1. The molecular weight excluding hydrogens is 288 g/mol. The van der Waals surface area contributed by atoms with Gasteiger partial charge >= 0.3 is 0 Å². The van der Waals surface area contributed by atoms with E-state index < -0.39 is 0 Å². The van der Waals surface area contributed by atoms with Crippen LogP contribution in [0.25, 0.3) is 0 Å². The van der Waals surface area contributed by atoms with Crippen LogP contribution in [0.1, 0.15) is 50.2 Å². The summed E-state index contributed by atoms with van der Waals surface area (Å²) in [7, 11) is 0. The van der Waals surface area contributed by atoms with Gasteiger partial charge in [0.2, 0.25) is 0 Å². The van der Waals surface area contributed by atoms with Crippen LogP contribution in [0.3, 0.4) is 0 Å². The third-order valence-corrected chi connectivity index (χ3v) is 5.15. The first kappa shape index (κ1) is 16.7. The van der Waals surface area contributed by atoms with Crippen LogP contribution in [0.5, 0.6) is 0 Å². The van der Waals surface area contributed by atoms with E-state index >= 15 is 0 Å². The summed E-state index contributed by atoms with van der Waals surface area (Å²) in [6, 6.07) is 0.493. The number of hydrogen-bond acceptors (Lipinski definition) is 5. The summed E-state index contributed by atoms with van der Waals surface area (Å²) in [5.41, 5.74) is 2.67. The Morgan fingerprint density at radius 2 is 2.00 bits per heavy atom. The minimum absolute atomic E-state index is 0.260. The van der Waals surface area contributed by atoms with Crippen LogP contribution in [-0.4, -0.2) is 58.3 Å². The Kier molecular flexibility index (Phi) is 5.17. The summed E-state index contributed by atoms with van der Waals surface area (Å²) in [5, 5.41) is 9.72. The van der Waals surface area contributed by atoms with Gasteiger partial charge in [0, 0.05) is 43.5 Å². The number of hydrogen-bond donors (Lipinski definition) is 1. The quantitative estimate of drug-likeness (QED) is 0.919. The minimum atomic E-state index is -0.260. The Labute approximate surface area is 139 Å². The van der Waals surface area contributed by atoms with Crippen LogP contribution in [0.4, 0.5) is 5.82 Å². The van der Waals surface area contributed by atoms with Crippen molar-refractivity contribution in [1.82, 2.24) is 14.9 Å². The number of β-amino-alcohol motifs (C(OH)–C–C–N with tert-alkyl or cyclic N) is 1. The van der Waals surface area contributed by atoms with Crippen molar-refractivity contribution < 1.29 is 5.11 Å². The Morgan fingerprint density at radius 1 is 1.22 bits per heavy atom. The number of aliphatic hydroxyl groups excluding tert-OH is 1. The number of aliphatic hydroxyl groups is 1. The van der Waals surface area contributed by atoms with Gasteiger partial charge in [0.05, 0.1) is 6.10 Å². The lowest BCUT2D eigenvalue weighted by atomic mass is 9.95. The molecule has 3 rings (SSSR count). The van der Waals surface area contributed by atoms with Gasteiger partial charge < -0.3 is 10.0 Å². The number of nitrogens with zero attached hydrogens (tertiary/aromatic N) is 4. The summed E-state index contributed by atoms with van der Waals surface area (Å²) in [4.78, 5) is 14.4. The third kappa shape index (κ3) is 3.66. The van der Waals surface area contributed by atoms with Crippen molar-refractivity contribution in [3.05, 3.63) is 17.1 Å². The van der Waals surface area contributed by atoms with E-state index in [0.717, 1.165) is 51.3 Å². The predicted octanol–water partition coefficient (Wildman–Crippen LogP) is 1.95. The first-order valence-electron chi connectivity index (χ1n) is 9.12. The molecule has 0 amide bonds. The van der Waals surface area contributed by atoms with E-state index in [9.17, 15) is 5.11 Å². The van der Waals surface area contributed by atoms with Gasteiger partial charge in [0.25, 0.3) is 0 Å². The lowest BCUT2D eigenvalue weighted by Crippen LogP contribution is -2.55. The maximum absolute atomic E-state index is 9.72. The van der Waals surface area contributed by atoms with Crippen molar-refractivity contribution in [2.24, 2.45) is 0 Å². The zero-order chi connectivity index (χ0) is 16.4. The van der Waals surface area contributed by atoms with Gasteiger partial charge in [0.1, 0.15) is 11.6 Å². The highest BCUT2D eigenvalue weighted by Gasteiger charge is 2.29. The van der Waals surface area contributed by atoms with Crippen LogP contribution in [0, 0.1) is 6.92 Å². The highest BCUT2D eigenvalue weighted by Crippen LogP contribution is 2.29. The second-order valence-corrected chi connectivity index (χ2v) is 7.08. The first-order valence-corrected chi connectivity index (χ1v) is 9.12. The number of aromatic nitrogens is 2. The normalized spacial score (nSPS) is 23.7. The molecule has 2 aliphatic rings. The smallest absolute Gasteiger partial charge is 0.135 e. The predicted molar refractivity (Wildman–Crippen MR) is 93.0 cm³/mol. The van der Waals surface area contributed by atoms with E-state index in [1.165, 1.54) is 29.9 Å². The second kappa shape index (κ2) is 7.14. The van der Waals surface area contributed by atoms with Crippen molar-refractivity contribution >= 4 is 5.82 Å².